The second kappa shape index (κ2) is 9.42. The summed E-state index contributed by atoms with van der Waals surface area (Å²) in [5.74, 6) is 0.169. The minimum atomic E-state index is 0.169. The number of oxime groups is 1. The van der Waals surface area contributed by atoms with E-state index >= 15 is 0 Å². The highest BCUT2D eigenvalue weighted by Gasteiger charge is 1.99. The van der Waals surface area contributed by atoms with Gasteiger partial charge in [-0.1, -0.05) is 74.9 Å². The molecule has 1 rings (SSSR count). The van der Waals surface area contributed by atoms with E-state index in [9.17, 15) is 0 Å². The lowest BCUT2D eigenvalue weighted by atomic mass is 10.0. The van der Waals surface area contributed by atoms with Crippen LogP contribution >= 0.6 is 0 Å². The predicted octanol–water partition coefficient (Wildman–Crippen LogP) is 4.07. The SMILES string of the molecule is CCCCCCCCCc1ccc(/C(N)=N/O)cc1. The van der Waals surface area contributed by atoms with Gasteiger partial charge in [0.25, 0.3) is 0 Å². The molecule has 0 heterocycles. The summed E-state index contributed by atoms with van der Waals surface area (Å²) in [6.07, 6.45) is 10.5. The van der Waals surface area contributed by atoms with Gasteiger partial charge in [0.1, 0.15) is 0 Å². The minimum Gasteiger partial charge on any atom is -0.409 e. The van der Waals surface area contributed by atoms with Crippen LogP contribution in [0.2, 0.25) is 0 Å². The standard InChI is InChI=1S/C16H26N2O/c1-2-3-4-5-6-7-8-9-14-10-12-15(13-11-14)16(17)18-19/h10-13,19H,2-9H2,1H3,(H2,17,18). The second-order valence-corrected chi connectivity index (χ2v) is 5.05. The lowest BCUT2D eigenvalue weighted by Crippen LogP contribution is -2.12. The first-order chi connectivity index (χ1) is 9.27. The molecular formula is C16H26N2O. The first-order valence-corrected chi connectivity index (χ1v) is 7.34. The van der Waals surface area contributed by atoms with Crippen LogP contribution in [0.3, 0.4) is 0 Å². The summed E-state index contributed by atoms with van der Waals surface area (Å²) in [5.41, 5.74) is 7.62. The van der Waals surface area contributed by atoms with Crippen LogP contribution in [0.15, 0.2) is 29.4 Å². The molecule has 0 saturated carbocycles. The lowest BCUT2D eigenvalue weighted by Gasteiger charge is -2.04. The maximum atomic E-state index is 8.58. The van der Waals surface area contributed by atoms with Gasteiger partial charge in [0.05, 0.1) is 0 Å². The molecule has 0 aliphatic carbocycles. The van der Waals surface area contributed by atoms with Crippen molar-refractivity contribution in [1.82, 2.24) is 0 Å². The van der Waals surface area contributed by atoms with Crippen LogP contribution in [0.5, 0.6) is 0 Å². The fourth-order valence-corrected chi connectivity index (χ4v) is 2.19. The predicted molar refractivity (Wildman–Crippen MR) is 80.6 cm³/mol. The van der Waals surface area contributed by atoms with Crippen molar-refractivity contribution in [3.63, 3.8) is 0 Å². The molecule has 0 bridgehead atoms. The zero-order chi connectivity index (χ0) is 13.9. The molecule has 1 aromatic rings. The van der Waals surface area contributed by atoms with Crippen LogP contribution in [-0.4, -0.2) is 11.0 Å². The minimum absolute atomic E-state index is 0.169. The molecule has 1 aromatic carbocycles. The smallest absolute Gasteiger partial charge is 0.170 e. The first-order valence-electron chi connectivity index (χ1n) is 7.34. The van der Waals surface area contributed by atoms with E-state index in [1.54, 1.807) is 0 Å². The van der Waals surface area contributed by atoms with Gasteiger partial charge in [0, 0.05) is 5.56 Å². The molecule has 0 atom stereocenters. The zero-order valence-electron chi connectivity index (χ0n) is 11.9. The van der Waals surface area contributed by atoms with Crippen LogP contribution in [0.25, 0.3) is 0 Å². The summed E-state index contributed by atoms with van der Waals surface area (Å²) in [7, 11) is 0. The van der Waals surface area contributed by atoms with Crippen LogP contribution in [0.1, 0.15) is 63.0 Å². The van der Waals surface area contributed by atoms with Gasteiger partial charge in [-0.2, -0.15) is 0 Å². The Morgan fingerprint density at radius 1 is 1.00 bits per heavy atom. The highest BCUT2D eigenvalue weighted by Crippen LogP contribution is 2.11. The van der Waals surface area contributed by atoms with Gasteiger partial charge in [-0.25, -0.2) is 0 Å². The molecule has 0 aliphatic heterocycles. The zero-order valence-corrected chi connectivity index (χ0v) is 11.9. The van der Waals surface area contributed by atoms with E-state index < -0.39 is 0 Å². The van der Waals surface area contributed by atoms with E-state index in [0.717, 1.165) is 12.0 Å². The van der Waals surface area contributed by atoms with E-state index in [0.29, 0.717) is 0 Å². The van der Waals surface area contributed by atoms with E-state index in [-0.39, 0.29) is 5.84 Å². The third-order valence-corrected chi connectivity index (χ3v) is 3.43. The van der Waals surface area contributed by atoms with E-state index in [2.05, 4.69) is 24.2 Å². The largest absolute Gasteiger partial charge is 0.409 e. The number of nitrogens with two attached hydrogens (primary N) is 1. The fourth-order valence-electron chi connectivity index (χ4n) is 2.19. The molecule has 0 aliphatic rings. The average Bonchev–Trinajstić information content (AvgIpc) is 2.46. The molecule has 0 spiro atoms. The Labute approximate surface area is 116 Å². The maximum Gasteiger partial charge on any atom is 0.170 e. The highest BCUT2D eigenvalue weighted by atomic mass is 16.4. The van der Waals surface area contributed by atoms with Crippen LogP contribution < -0.4 is 5.73 Å². The van der Waals surface area contributed by atoms with Gasteiger partial charge >= 0.3 is 0 Å². The number of hydrogen-bond acceptors (Lipinski definition) is 2. The lowest BCUT2D eigenvalue weighted by molar-refractivity contribution is 0.318. The van der Waals surface area contributed by atoms with Crippen LogP contribution in [0.4, 0.5) is 0 Å². The molecule has 106 valence electrons. The van der Waals surface area contributed by atoms with Crippen LogP contribution in [0, 0.1) is 0 Å². The third-order valence-electron chi connectivity index (χ3n) is 3.43. The van der Waals surface area contributed by atoms with Gasteiger partial charge in [-0.05, 0) is 18.4 Å². The Hall–Kier alpha value is -1.51. The quantitative estimate of drug-likeness (QED) is 0.232. The van der Waals surface area contributed by atoms with Crippen molar-refractivity contribution in [1.29, 1.82) is 0 Å². The van der Waals surface area contributed by atoms with Crippen molar-refractivity contribution in [2.24, 2.45) is 10.9 Å². The van der Waals surface area contributed by atoms with Crippen molar-refractivity contribution in [3.8, 4) is 0 Å². The molecule has 0 amide bonds. The normalized spacial score (nSPS) is 11.7. The van der Waals surface area contributed by atoms with Gasteiger partial charge in [-0.15, -0.1) is 0 Å². The Morgan fingerprint density at radius 2 is 1.58 bits per heavy atom. The van der Waals surface area contributed by atoms with Crippen molar-refractivity contribution < 1.29 is 5.21 Å². The molecule has 0 radical (unpaired) electrons. The number of rotatable bonds is 9. The van der Waals surface area contributed by atoms with Crippen molar-refractivity contribution in [2.45, 2.75) is 58.3 Å². The number of aryl methyl sites for hydroxylation is 1. The Balaban J connectivity index is 2.19. The molecule has 19 heavy (non-hydrogen) atoms. The molecular weight excluding hydrogens is 236 g/mol. The Kier molecular flexibility index (Phi) is 7.71. The topological polar surface area (TPSA) is 58.6 Å². The van der Waals surface area contributed by atoms with Gasteiger partial charge in [0.15, 0.2) is 5.84 Å². The summed E-state index contributed by atoms with van der Waals surface area (Å²) >= 11 is 0. The summed E-state index contributed by atoms with van der Waals surface area (Å²) in [4.78, 5) is 0. The molecule has 3 heteroatoms. The second-order valence-electron chi connectivity index (χ2n) is 5.05. The molecule has 3 N–H and O–H groups in total. The first kappa shape index (κ1) is 15.5. The molecule has 0 saturated heterocycles. The molecule has 0 aromatic heterocycles. The van der Waals surface area contributed by atoms with Gasteiger partial charge < -0.3 is 10.9 Å². The fraction of sp³-hybridized carbons (Fsp3) is 0.562. The highest BCUT2D eigenvalue weighted by molar-refractivity contribution is 5.96. The number of nitrogens with zero attached hydrogens (tertiary/aromatic N) is 1. The maximum absolute atomic E-state index is 8.58. The van der Waals surface area contributed by atoms with Crippen molar-refractivity contribution in [3.05, 3.63) is 35.4 Å². The number of hydrogen-bond donors (Lipinski definition) is 2. The van der Waals surface area contributed by atoms with Crippen molar-refractivity contribution >= 4 is 5.84 Å². The summed E-state index contributed by atoms with van der Waals surface area (Å²) in [6, 6.07) is 7.94. The van der Waals surface area contributed by atoms with Crippen LogP contribution in [-0.2, 0) is 6.42 Å². The van der Waals surface area contributed by atoms with Gasteiger partial charge in [-0.3, -0.25) is 0 Å². The van der Waals surface area contributed by atoms with Gasteiger partial charge in [0.2, 0.25) is 0 Å². The summed E-state index contributed by atoms with van der Waals surface area (Å²) in [5, 5.41) is 11.6. The summed E-state index contributed by atoms with van der Waals surface area (Å²) in [6.45, 7) is 2.25. The molecule has 3 nitrogen and oxygen atoms in total. The third kappa shape index (κ3) is 6.27. The van der Waals surface area contributed by atoms with E-state index in [1.807, 2.05) is 12.1 Å². The van der Waals surface area contributed by atoms with E-state index in [1.165, 1.54) is 50.5 Å². The van der Waals surface area contributed by atoms with E-state index in [4.69, 9.17) is 10.9 Å². The summed E-state index contributed by atoms with van der Waals surface area (Å²) < 4.78 is 0. The Morgan fingerprint density at radius 3 is 2.16 bits per heavy atom. The van der Waals surface area contributed by atoms with Crippen molar-refractivity contribution in [2.75, 3.05) is 0 Å². The Bertz CT molecular complexity index is 371. The monoisotopic (exact) mass is 262 g/mol. The number of amidine groups is 1. The average molecular weight is 262 g/mol. The molecule has 0 fully saturated rings. The number of benzene rings is 1. The number of unbranched alkanes of at least 4 members (excludes halogenated alkanes) is 6. The molecule has 0 unspecified atom stereocenters.